The van der Waals surface area contributed by atoms with E-state index >= 15 is 0 Å². The Hall–Kier alpha value is -1.66. The lowest BCUT2D eigenvalue weighted by Crippen LogP contribution is -2.14. The van der Waals surface area contributed by atoms with Crippen molar-refractivity contribution in [2.24, 2.45) is 10.9 Å². The van der Waals surface area contributed by atoms with Gasteiger partial charge in [-0.05, 0) is 29.6 Å². The van der Waals surface area contributed by atoms with Gasteiger partial charge in [0.1, 0.15) is 5.75 Å². The molecule has 0 radical (unpaired) electrons. The Morgan fingerprint density at radius 1 is 1.44 bits per heavy atom. The van der Waals surface area contributed by atoms with E-state index in [1.807, 2.05) is 23.6 Å². The van der Waals surface area contributed by atoms with Gasteiger partial charge in [-0.2, -0.15) is 0 Å². The van der Waals surface area contributed by atoms with Gasteiger partial charge in [0.15, 0.2) is 5.84 Å². The van der Waals surface area contributed by atoms with Gasteiger partial charge in [-0.3, -0.25) is 0 Å². The van der Waals surface area contributed by atoms with Gasteiger partial charge in [0.25, 0.3) is 0 Å². The molecule has 0 atom stereocenters. The summed E-state index contributed by atoms with van der Waals surface area (Å²) in [4.78, 5) is 0.895. The molecular formula is C12H12N2O2S2. The molecule has 1 aromatic heterocycles. The van der Waals surface area contributed by atoms with Gasteiger partial charge in [0.2, 0.25) is 0 Å². The minimum Gasteiger partial charge on any atom is -0.497 e. The standard InChI is InChI=1S/C12H12N2O2S2/c1-16-8-4-5-9(12(13)14-15)10(7-8)18-11-3-2-6-17-11/h2-7,15H,1H3,(H2,13,14). The van der Waals surface area contributed by atoms with Crippen LogP contribution in [0.1, 0.15) is 5.56 Å². The molecule has 0 spiro atoms. The second-order valence-electron chi connectivity index (χ2n) is 3.38. The summed E-state index contributed by atoms with van der Waals surface area (Å²) in [5.41, 5.74) is 6.36. The maximum absolute atomic E-state index is 8.79. The molecule has 6 heteroatoms. The van der Waals surface area contributed by atoms with Crippen LogP contribution in [0.4, 0.5) is 0 Å². The van der Waals surface area contributed by atoms with Crippen molar-refractivity contribution < 1.29 is 9.94 Å². The molecule has 94 valence electrons. The predicted molar refractivity (Wildman–Crippen MR) is 73.9 cm³/mol. The van der Waals surface area contributed by atoms with Crippen molar-refractivity contribution >= 4 is 28.9 Å². The highest BCUT2D eigenvalue weighted by molar-refractivity contribution is 8.01. The van der Waals surface area contributed by atoms with Crippen molar-refractivity contribution in [1.29, 1.82) is 0 Å². The molecule has 18 heavy (non-hydrogen) atoms. The summed E-state index contributed by atoms with van der Waals surface area (Å²) >= 11 is 3.20. The second kappa shape index (κ2) is 5.79. The molecule has 0 unspecified atom stereocenters. The van der Waals surface area contributed by atoms with E-state index in [1.54, 1.807) is 42.3 Å². The number of amidine groups is 1. The number of thiophene rings is 1. The summed E-state index contributed by atoms with van der Waals surface area (Å²) in [7, 11) is 1.61. The molecule has 2 rings (SSSR count). The van der Waals surface area contributed by atoms with Crippen molar-refractivity contribution in [3.05, 3.63) is 41.3 Å². The Labute approximate surface area is 113 Å². The van der Waals surface area contributed by atoms with Crippen molar-refractivity contribution in [3.63, 3.8) is 0 Å². The Kier molecular flexibility index (Phi) is 4.11. The van der Waals surface area contributed by atoms with Crippen molar-refractivity contribution in [3.8, 4) is 5.75 Å². The van der Waals surface area contributed by atoms with Gasteiger partial charge in [-0.15, -0.1) is 11.3 Å². The molecule has 0 amide bonds. The number of nitrogens with zero attached hydrogens (tertiary/aromatic N) is 1. The zero-order chi connectivity index (χ0) is 13.0. The minimum absolute atomic E-state index is 0.0942. The quantitative estimate of drug-likeness (QED) is 0.391. The zero-order valence-corrected chi connectivity index (χ0v) is 11.3. The van der Waals surface area contributed by atoms with Crippen molar-refractivity contribution in [2.75, 3.05) is 7.11 Å². The lowest BCUT2D eigenvalue weighted by Gasteiger charge is -2.09. The molecule has 0 saturated heterocycles. The van der Waals surface area contributed by atoms with Gasteiger partial charge < -0.3 is 15.7 Å². The molecule has 0 bridgehead atoms. The van der Waals surface area contributed by atoms with Crippen LogP contribution in [0.5, 0.6) is 5.75 Å². The molecular weight excluding hydrogens is 268 g/mol. The first-order valence-electron chi connectivity index (χ1n) is 5.12. The maximum Gasteiger partial charge on any atom is 0.171 e. The van der Waals surface area contributed by atoms with Gasteiger partial charge in [0, 0.05) is 10.5 Å². The van der Waals surface area contributed by atoms with Gasteiger partial charge >= 0.3 is 0 Å². The van der Waals surface area contributed by atoms with Crippen LogP contribution in [-0.2, 0) is 0 Å². The van der Waals surface area contributed by atoms with Crippen LogP contribution in [0.15, 0.2) is 50.0 Å². The van der Waals surface area contributed by atoms with Crippen LogP contribution in [0.25, 0.3) is 0 Å². The van der Waals surface area contributed by atoms with E-state index in [0.717, 1.165) is 14.9 Å². The number of rotatable bonds is 4. The van der Waals surface area contributed by atoms with E-state index in [1.165, 1.54) is 0 Å². The summed E-state index contributed by atoms with van der Waals surface area (Å²) in [6.45, 7) is 0. The lowest BCUT2D eigenvalue weighted by molar-refractivity contribution is 0.318. The van der Waals surface area contributed by atoms with E-state index < -0.39 is 0 Å². The topological polar surface area (TPSA) is 67.8 Å². The summed E-state index contributed by atoms with van der Waals surface area (Å²) in [6.07, 6.45) is 0. The number of oxime groups is 1. The van der Waals surface area contributed by atoms with E-state index in [9.17, 15) is 0 Å². The average Bonchev–Trinajstić information content (AvgIpc) is 2.90. The molecule has 4 nitrogen and oxygen atoms in total. The highest BCUT2D eigenvalue weighted by Gasteiger charge is 2.10. The molecule has 0 aliphatic carbocycles. The molecule has 0 saturated carbocycles. The largest absolute Gasteiger partial charge is 0.497 e. The molecule has 2 aromatic rings. The SMILES string of the molecule is COc1ccc(/C(N)=N/O)c(Sc2cccs2)c1. The van der Waals surface area contributed by atoms with Crippen LogP contribution in [-0.4, -0.2) is 18.2 Å². The smallest absolute Gasteiger partial charge is 0.171 e. The first kappa shape index (κ1) is 12.8. The summed E-state index contributed by atoms with van der Waals surface area (Å²) < 4.78 is 6.32. The third-order valence-electron chi connectivity index (χ3n) is 2.28. The summed E-state index contributed by atoms with van der Waals surface area (Å²) in [5, 5.41) is 13.8. The van der Waals surface area contributed by atoms with Gasteiger partial charge in [0.05, 0.1) is 11.3 Å². The zero-order valence-electron chi connectivity index (χ0n) is 9.66. The normalized spacial score (nSPS) is 11.5. The number of ether oxygens (including phenoxy) is 1. The summed E-state index contributed by atoms with van der Waals surface area (Å²) in [5.74, 6) is 0.834. The highest BCUT2D eigenvalue weighted by Crippen LogP contribution is 2.35. The Balaban J connectivity index is 2.41. The highest BCUT2D eigenvalue weighted by atomic mass is 32.2. The number of nitrogens with two attached hydrogens (primary N) is 1. The van der Waals surface area contributed by atoms with E-state index in [2.05, 4.69) is 5.16 Å². The van der Waals surface area contributed by atoms with Gasteiger partial charge in [-0.1, -0.05) is 23.0 Å². The number of hydrogen-bond acceptors (Lipinski definition) is 5. The fourth-order valence-corrected chi connectivity index (χ4v) is 3.31. The van der Waals surface area contributed by atoms with E-state index in [4.69, 9.17) is 15.7 Å². The number of hydrogen-bond donors (Lipinski definition) is 2. The molecule has 1 heterocycles. The average molecular weight is 280 g/mol. The Bertz CT molecular complexity index is 553. The Morgan fingerprint density at radius 3 is 2.89 bits per heavy atom. The fourth-order valence-electron chi connectivity index (χ4n) is 1.41. The lowest BCUT2D eigenvalue weighted by atomic mass is 10.2. The third-order valence-corrected chi connectivity index (χ3v) is 4.37. The van der Waals surface area contributed by atoms with Crippen LogP contribution < -0.4 is 10.5 Å². The monoisotopic (exact) mass is 280 g/mol. The molecule has 0 fully saturated rings. The maximum atomic E-state index is 8.79. The number of benzene rings is 1. The fraction of sp³-hybridized carbons (Fsp3) is 0.0833. The van der Waals surface area contributed by atoms with Crippen molar-refractivity contribution in [2.45, 2.75) is 9.10 Å². The van der Waals surface area contributed by atoms with Crippen LogP contribution in [0.3, 0.4) is 0 Å². The van der Waals surface area contributed by atoms with Gasteiger partial charge in [-0.25, -0.2) is 0 Å². The second-order valence-corrected chi connectivity index (χ2v) is 5.67. The van der Waals surface area contributed by atoms with Crippen LogP contribution in [0.2, 0.25) is 0 Å². The Morgan fingerprint density at radius 2 is 2.28 bits per heavy atom. The van der Waals surface area contributed by atoms with Crippen LogP contribution in [0, 0.1) is 0 Å². The first-order valence-corrected chi connectivity index (χ1v) is 6.81. The molecule has 1 aromatic carbocycles. The molecule has 3 N–H and O–H groups in total. The predicted octanol–water partition coefficient (Wildman–Crippen LogP) is 3.00. The van der Waals surface area contributed by atoms with Crippen molar-refractivity contribution in [1.82, 2.24) is 0 Å². The minimum atomic E-state index is 0.0942. The van der Waals surface area contributed by atoms with E-state index in [0.29, 0.717) is 5.56 Å². The number of methoxy groups -OCH3 is 1. The third kappa shape index (κ3) is 2.77. The molecule has 0 aliphatic heterocycles. The van der Waals surface area contributed by atoms with E-state index in [-0.39, 0.29) is 5.84 Å². The molecule has 0 aliphatic rings. The summed E-state index contributed by atoms with van der Waals surface area (Å²) in [6, 6.07) is 9.44. The first-order chi connectivity index (χ1) is 8.74. The van der Waals surface area contributed by atoms with Crippen LogP contribution >= 0.6 is 23.1 Å².